The topological polar surface area (TPSA) is 102 Å². The van der Waals surface area contributed by atoms with Gasteiger partial charge in [-0.25, -0.2) is 4.68 Å². The zero-order valence-corrected chi connectivity index (χ0v) is 16.5. The van der Waals surface area contributed by atoms with Crippen LogP contribution >= 0.6 is 0 Å². The van der Waals surface area contributed by atoms with Crippen molar-refractivity contribution in [3.63, 3.8) is 0 Å². The fraction of sp³-hybridized carbons (Fsp3) is 0.526. The highest BCUT2D eigenvalue weighted by molar-refractivity contribution is 5.91. The van der Waals surface area contributed by atoms with Gasteiger partial charge in [-0.3, -0.25) is 19.1 Å². The van der Waals surface area contributed by atoms with Gasteiger partial charge in [0.1, 0.15) is 12.2 Å². The molecule has 1 aliphatic heterocycles. The average molecular weight is 386 g/mol. The van der Waals surface area contributed by atoms with Crippen LogP contribution < -0.4 is 10.9 Å². The SMILES string of the molecule is Cc1cc(C)n(CC(=O)N2CCC(CNC(=O)c3ccc(=O)n(C)n3)CC2)n1. The van der Waals surface area contributed by atoms with Crippen LogP contribution in [0.25, 0.3) is 0 Å². The number of amides is 2. The third-order valence-corrected chi connectivity index (χ3v) is 5.10. The minimum atomic E-state index is -0.293. The van der Waals surface area contributed by atoms with Crippen molar-refractivity contribution in [3.8, 4) is 0 Å². The molecule has 2 amide bonds. The van der Waals surface area contributed by atoms with Crippen LogP contribution in [0.3, 0.4) is 0 Å². The summed E-state index contributed by atoms with van der Waals surface area (Å²) in [5.74, 6) is 0.0935. The van der Waals surface area contributed by atoms with Gasteiger partial charge in [0.2, 0.25) is 5.91 Å². The van der Waals surface area contributed by atoms with E-state index in [0.29, 0.717) is 25.6 Å². The van der Waals surface area contributed by atoms with Gasteiger partial charge < -0.3 is 10.2 Å². The molecule has 1 fully saturated rings. The quantitative estimate of drug-likeness (QED) is 0.794. The maximum absolute atomic E-state index is 12.5. The average Bonchev–Trinajstić information content (AvgIpc) is 2.99. The van der Waals surface area contributed by atoms with E-state index in [2.05, 4.69) is 15.5 Å². The van der Waals surface area contributed by atoms with E-state index < -0.39 is 0 Å². The van der Waals surface area contributed by atoms with Crippen LogP contribution in [-0.2, 0) is 18.4 Å². The van der Waals surface area contributed by atoms with Crippen molar-refractivity contribution in [3.05, 3.63) is 45.6 Å². The van der Waals surface area contributed by atoms with Gasteiger partial charge in [-0.15, -0.1) is 0 Å². The lowest BCUT2D eigenvalue weighted by Crippen LogP contribution is -2.43. The maximum Gasteiger partial charge on any atom is 0.271 e. The summed E-state index contributed by atoms with van der Waals surface area (Å²) in [6.45, 7) is 6.01. The second-order valence-corrected chi connectivity index (χ2v) is 7.30. The van der Waals surface area contributed by atoms with Crippen molar-refractivity contribution in [1.82, 2.24) is 29.8 Å². The molecule has 28 heavy (non-hydrogen) atoms. The molecule has 1 N–H and O–H groups in total. The number of likely N-dealkylation sites (tertiary alicyclic amines) is 1. The molecule has 3 rings (SSSR count). The fourth-order valence-electron chi connectivity index (χ4n) is 3.40. The first-order valence-corrected chi connectivity index (χ1v) is 9.45. The monoisotopic (exact) mass is 386 g/mol. The molecular formula is C19H26N6O3. The van der Waals surface area contributed by atoms with Crippen LogP contribution in [0.5, 0.6) is 0 Å². The lowest BCUT2D eigenvalue weighted by molar-refractivity contribution is -0.133. The summed E-state index contributed by atoms with van der Waals surface area (Å²) < 4.78 is 2.88. The third-order valence-electron chi connectivity index (χ3n) is 5.10. The number of hydrogen-bond donors (Lipinski definition) is 1. The van der Waals surface area contributed by atoms with Gasteiger partial charge in [0.05, 0.1) is 5.69 Å². The Labute approximate surface area is 163 Å². The van der Waals surface area contributed by atoms with Gasteiger partial charge in [-0.05, 0) is 44.7 Å². The lowest BCUT2D eigenvalue weighted by Gasteiger charge is -2.32. The Balaban J connectivity index is 1.45. The minimum absolute atomic E-state index is 0.0723. The summed E-state index contributed by atoms with van der Waals surface area (Å²) in [4.78, 5) is 37.9. The number of aryl methyl sites for hydroxylation is 3. The molecule has 0 atom stereocenters. The van der Waals surface area contributed by atoms with E-state index >= 15 is 0 Å². The predicted octanol–water partition coefficient (Wildman–Crippen LogP) is 0.262. The summed E-state index contributed by atoms with van der Waals surface area (Å²) >= 11 is 0. The number of aromatic nitrogens is 4. The molecule has 1 aliphatic rings. The largest absolute Gasteiger partial charge is 0.350 e. The Morgan fingerprint density at radius 2 is 1.89 bits per heavy atom. The first kappa shape index (κ1) is 19.8. The van der Waals surface area contributed by atoms with Crippen molar-refractivity contribution < 1.29 is 9.59 Å². The molecule has 1 saturated heterocycles. The highest BCUT2D eigenvalue weighted by atomic mass is 16.2. The lowest BCUT2D eigenvalue weighted by atomic mass is 9.96. The molecule has 9 heteroatoms. The number of nitrogens with zero attached hydrogens (tertiary/aromatic N) is 5. The van der Waals surface area contributed by atoms with E-state index in [0.717, 1.165) is 28.9 Å². The molecule has 9 nitrogen and oxygen atoms in total. The van der Waals surface area contributed by atoms with Crippen molar-refractivity contribution in [2.24, 2.45) is 13.0 Å². The van der Waals surface area contributed by atoms with Gasteiger partial charge in [-0.2, -0.15) is 10.2 Å². The molecule has 0 saturated carbocycles. The molecule has 2 aromatic rings. The fourth-order valence-corrected chi connectivity index (χ4v) is 3.40. The van der Waals surface area contributed by atoms with Crippen LogP contribution in [-0.4, -0.2) is 55.9 Å². The number of piperidine rings is 1. The number of carbonyl (C=O) groups is 2. The normalized spacial score (nSPS) is 14.9. The third kappa shape index (κ3) is 4.65. The highest BCUT2D eigenvalue weighted by Gasteiger charge is 2.24. The molecule has 0 bridgehead atoms. The second-order valence-electron chi connectivity index (χ2n) is 7.30. The van der Waals surface area contributed by atoms with E-state index in [1.165, 1.54) is 19.2 Å². The molecule has 0 unspecified atom stereocenters. The molecule has 0 aliphatic carbocycles. The molecule has 3 heterocycles. The molecule has 150 valence electrons. The first-order chi connectivity index (χ1) is 13.3. The van der Waals surface area contributed by atoms with E-state index in [4.69, 9.17) is 0 Å². The Morgan fingerprint density at radius 3 is 2.50 bits per heavy atom. The second kappa shape index (κ2) is 8.37. The molecule has 0 spiro atoms. The summed E-state index contributed by atoms with van der Waals surface area (Å²) in [5.41, 5.74) is 1.86. The number of rotatable bonds is 5. The van der Waals surface area contributed by atoms with Gasteiger partial charge in [0.25, 0.3) is 11.5 Å². The Bertz CT molecular complexity index is 924. The van der Waals surface area contributed by atoms with Gasteiger partial charge in [0.15, 0.2) is 0 Å². The number of carbonyl (C=O) groups excluding carboxylic acids is 2. The predicted molar refractivity (Wildman–Crippen MR) is 103 cm³/mol. The molecule has 2 aromatic heterocycles. The van der Waals surface area contributed by atoms with Crippen LogP contribution in [0.2, 0.25) is 0 Å². The van der Waals surface area contributed by atoms with Crippen LogP contribution in [0, 0.1) is 19.8 Å². The zero-order valence-electron chi connectivity index (χ0n) is 16.5. The molecule has 0 aromatic carbocycles. The van der Waals surface area contributed by atoms with E-state index in [1.807, 2.05) is 24.8 Å². The van der Waals surface area contributed by atoms with Gasteiger partial charge in [-0.1, -0.05) is 0 Å². The summed E-state index contributed by atoms with van der Waals surface area (Å²) in [6.07, 6.45) is 1.67. The Morgan fingerprint density at radius 1 is 1.18 bits per heavy atom. The van der Waals surface area contributed by atoms with Crippen molar-refractivity contribution in [2.45, 2.75) is 33.2 Å². The highest BCUT2D eigenvalue weighted by Crippen LogP contribution is 2.17. The van der Waals surface area contributed by atoms with E-state index in [-0.39, 0.29) is 29.6 Å². The zero-order chi connectivity index (χ0) is 20.3. The van der Waals surface area contributed by atoms with Crippen molar-refractivity contribution in [1.29, 1.82) is 0 Å². The van der Waals surface area contributed by atoms with E-state index in [9.17, 15) is 14.4 Å². The van der Waals surface area contributed by atoms with Crippen molar-refractivity contribution in [2.75, 3.05) is 19.6 Å². The Hall–Kier alpha value is -2.97. The number of hydrogen-bond acceptors (Lipinski definition) is 5. The van der Waals surface area contributed by atoms with Crippen LogP contribution in [0.1, 0.15) is 34.7 Å². The van der Waals surface area contributed by atoms with E-state index in [1.54, 1.807) is 4.68 Å². The number of nitrogens with one attached hydrogen (secondary N) is 1. The smallest absolute Gasteiger partial charge is 0.271 e. The summed E-state index contributed by atoms with van der Waals surface area (Å²) in [7, 11) is 1.51. The minimum Gasteiger partial charge on any atom is -0.350 e. The first-order valence-electron chi connectivity index (χ1n) is 9.45. The van der Waals surface area contributed by atoms with Gasteiger partial charge >= 0.3 is 0 Å². The Kier molecular flexibility index (Phi) is 5.91. The standard InChI is InChI=1S/C19H26N6O3/c1-13-10-14(2)25(21-13)12-18(27)24-8-6-15(7-9-24)11-20-19(28)16-4-5-17(26)23(3)22-16/h4-5,10,15H,6-9,11-12H2,1-3H3,(H,20,28). The van der Waals surface area contributed by atoms with Gasteiger partial charge in [0, 0.05) is 38.4 Å². The molecular weight excluding hydrogens is 360 g/mol. The van der Waals surface area contributed by atoms with Crippen LogP contribution in [0.15, 0.2) is 23.0 Å². The summed E-state index contributed by atoms with van der Waals surface area (Å²) in [6, 6.07) is 4.72. The van der Waals surface area contributed by atoms with Crippen LogP contribution in [0.4, 0.5) is 0 Å². The molecule has 0 radical (unpaired) electrons. The maximum atomic E-state index is 12.5. The van der Waals surface area contributed by atoms with Crippen molar-refractivity contribution >= 4 is 11.8 Å². The summed E-state index contributed by atoms with van der Waals surface area (Å²) in [5, 5.41) is 11.2.